The fraction of sp³-hybridized carbons (Fsp3) is 0.529. The van der Waals surface area contributed by atoms with Crippen molar-refractivity contribution in [3.63, 3.8) is 0 Å². The summed E-state index contributed by atoms with van der Waals surface area (Å²) >= 11 is 0. The predicted octanol–water partition coefficient (Wildman–Crippen LogP) is 1.02. The van der Waals surface area contributed by atoms with E-state index in [1.54, 1.807) is 18.9 Å². The molecule has 0 bridgehead atoms. The van der Waals surface area contributed by atoms with E-state index in [9.17, 15) is 19.5 Å². The molecular weight excluding hydrogens is 326 g/mol. The number of furan rings is 1. The van der Waals surface area contributed by atoms with Crippen molar-refractivity contribution in [3.8, 4) is 0 Å². The highest BCUT2D eigenvalue weighted by atomic mass is 16.4. The molecule has 1 saturated carbocycles. The van der Waals surface area contributed by atoms with E-state index >= 15 is 0 Å². The topological polar surface area (TPSA) is 106 Å². The van der Waals surface area contributed by atoms with E-state index in [-0.39, 0.29) is 40.6 Å². The first-order chi connectivity index (χ1) is 11.9. The highest BCUT2D eigenvalue weighted by Gasteiger charge is 2.47. The number of hydrogen-bond donors (Lipinski definition) is 1. The van der Waals surface area contributed by atoms with Gasteiger partial charge in [0, 0.05) is 20.1 Å². The van der Waals surface area contributed by atoms with E-state index in [1.807, 2.05) is 0 Å². The molecule has 2 aromatic rings. The zero-order valence-electron chi connectivity index (χ0n) is 14.1. The summed E-state index contributed by atoms with van der Waals surface area (Å²) in [6.45, 7) is 2.20. The van der Waals surface area contributed by atoms with E-state index in [0.717, 1.165) is 12.8 Å². The van der Waals surface area contributed by atoms with Crippen LogP contribution in [0.25, 0.3) is 11.1 Å². The number of aliphatic carboxylic acids is 1. The van der Waals surface area contributed by atoms with Crippen LogP contribution in [0, 0.1) is 24.7 Å². The number of rotatable bonds is 3. The van der Waals surface area contributed by atoms with Crippen molar-refractivity contribution in [1.29, 1.82) is 0 Å². The van der Waals surface area contributed by atoms with Crippen LogP contribution in [0.3, 0.4) is 0 Å². The van der Waals surface area contributed by atoms with Crippen LogP contribution in [0.2, 0.25) is 0 Å². The number of carbonyl (C=O) groups is 2. The monoisotopic (exact) mass is 345 g/mol. The molecule has 1 aliphatic heterocycles. The number of amides is 1. The molecule has 1 saturated heterocycles. The summed E-state index contributed by atoms with van der Waals surface area (Å²) in [4.78, 5) is 42.7. The standard InChI is InChI=1S/C17H19N3O5/c1-8-12(13-14(25-8)18-7-19(2)15(13)21)16(22)20-5-10(9-3-4-9)11(6-20)17(23)24/h7,9-11H,3-6H2,1-2H3,(H,23,24)/t10-,11+/m1/s1. The first-order valence-electron chi connectivity index (χ1n) is 8.35. The quantitative estimate of drug-likeness (QED) is 0.890. The van der Waals surface area contributed by atoms with Gasteiger partial charge in [-0.3, -0.25) is 14.4 Å². The minimum absolute atomic E-state index is 0.0131. The fourth-order valence-electron chi connectivity index (χ4n) is 3.86. The molecule has 0 radical (unpaired) electrons. The first-order valence-corrected chi connectivity index (χ1v) is 8.35. The molecule has 4 rings (SSSR count). The fourth-order valence-corrected chi connectivity index (χ4v) is 3.86. The zero-order chi connectivity index (χ0) is 17.9. The van der Waals surface area contributed by atoms with Gasteiger partial charge in [-0.05, 0) is 31.6 Å². The highest BCUT2D eigenvalue weighted by Crippen LogP contribution is 2.44. The molecule has 3 heterocycles. The molecular formula is C17H19N3O5. The number of carboxylic acids is 1. The van der Waals surface area contributed by atoms with E-state index in [0.29, 0.717) is 18.2 Å². The molecule has 1 aliphatic carbocycles. The molecule has 25 heavy (non-hydrogen) atoms. The van der Waals surface area contributed by atoms with Gasteiger partial charge in [-0.2, -0.15) is 0 Å². The maximum atomic E-state index is 13.1. The molecule has 8 heteroatoms. The van der Waals surface area contributed by atoms with Crippen molar-refractivity contribution in [2.45, 2.75) is 19.8 Å². The van der Waals surface area contributed by atoms with Crippen molar-refractivity contribution in [2.24, 2.45) is 24.8 Å². The lowest BCUT2D eigenvalue weighted by Crippen LogP contribution is -2.31. The minimum atomic E-state index is -0.862. The Labute approximate surface area is 143 Å². The van der Waals surface area contributed by atoms with E-state index < -0.39 is 11.9 Å². The minimum Gasteiger partial charge on any atom is -0.481 e. The largest absolute Gasteiger partial charge is 0.481 e. The Morgan fingerprint density at radius 2 is 2.04 bits per heavy atom. The number of carbonyl (C=O) groups excluding carboxylic acids is 1. The normalized spacial score (nSPS) is 23.4. The zero-order valence-corrected chi connectivity index (χ0v) is 14.1. The summed E-state index contributed by atoms with van der Waals surface area (Å²) in [7, 11) is 1.56. The van der Waals surface area contributed by atoms with Gasteiger partial charge in [0.25, 0.3) is 11.5 Å². The van der Waals surface area contributed by atoms with Crippen molar-refractivity contribution >= 4 is 23.0 Å². The molecule has 2 aromatic heterocycles. The molecule has 0 spiro atoms. The molecule has 2 fully saturated rings. The third kappa shape index (κ3) is 2.43. The lowest BCUT2D eigenvalue weighted by Gasteiger charge is -2.16. The Hall–Kier alpha value is -2.64. The Morgan fingerprint density at radius 1 is 1.32 bits per heavy atom. The van der Waals surface area contributed by atoms with Crippen molar-refractivity contribution in [1.82, 2.24) is 14.5 Å². The Kier molecular flexibility index (Phi) is 3.45. The van der Waals surface area contributed by atoms with Gasteiger partial charge in [-0.1, -0.05) is 0 Å². The van der Waals surface area contributed by atoms with Crippen molar-refractivity contribution in [2.75, 3.05) is 13.1 Å². The van der Waals surface area contributed by atoms with E-state index in [4.69, 9.17) is 4.42 Å². The van der Waals surface area contributed by atoms with E-state index in [1.165, 1.54) is 10.9 Å². The Morgan fingerprint density at radius 3 is 2.68 bits per heavy atom. The average Bonchev–Trinajstić information content (AvgIpc) is 3.21. The lowest BCUT2D eigenvalue weighted by molar-refractivity contribution is -0.142. The summed E-state index contributed by atoms with van der Waals surface area (Å²) in [5, 5.41) is 9.64. The number of likely N-dealkylation sites (tertiary alicyclic amines) is 1. The van der Waals surface area contributed by atoms with Gasteiger partial charge in [0.2, 0.25) is 5.71 Å². The second-order valence-corrected chi connectivity index (χ2v) is 7.03. The molecule has 2 aliphatic rings. The smallest absolute Gasteiger partial charge is 0.308 e. The van der Waals surface area contributed by atoms with Crippen LogP contribution in [0.15, 0.2) is 15.5 Å². The average molecular weight is 345 g/mol. The summed E-state index contributed by atoms with van der Waals surface area (Å²) in [6.07, 6.45) is 3.39. The van der Waals surface area contributed by atoms with Crippen molar-refractivity contribution in [3.05, 3.63) is 28.0 Å². The van der Waals surface area contributed by atoms with Gasteiger partial charge in [0.15, 0.2) is 0 Å². The van der Waals surface area contributed by atoms with E-state index in [2.05, 4.69) is 4.98 Å². The highest BCUT2D eigenvalue weighted by molar-refractivity contribution is 6.06. The second-order valence-electron chi connectivity index (χ2n) is 7.03. The van der Waals surface area contributed by atoms with Gasteiger partial charge in [0.1, 0.15) is 17.5 Å². The molecule has 1 amide bonds. The van der Waals surface area contributed by atoms with Gasteiger partial charge < -0.3 is 19.0 Å². The lowest BCUT2D eigenvalue weighted by atomic mass is 9.92. The molecule has 1 N–H and O–H groups in total. The van der Waals surface area contributed by atoms with Crippen LogP contribution in [0.1, 0.15) is 29.0 Å². The van der Waals surface area contributed by atoms with Gasteiger partial charge in [-0.25, -0.2) is 4.98 Å². The third-order valence-electron chi connectivity index (χ3n) is 5.36. The first kappa shape index (κ1) is 15.9. The number of nitrogens with zero attached hydrogens (tertiary/aromatic N) is 3. The molecule has 0 unspecified atom stereocenters. The van der Waals surface area contributed by atoms with Crippen LogP contribution in [-0.2, 0) is 11.8 Å². The number of fused-ring (bicyclic) bond motifs is 1. The molecule has 0 aromatic carbocycles. The summed E-state index contributed by atoms with van der Waals surface area (Å²) in [5.41, 5.74) is -0.0149. The SMILES string of the molecule is Cc1oc2ncn(C)c(=O)c2c1C(=O)N1C[C@H](C(=O)O)[C@@H](C2CC2)C1. The summed E-state index contributed by atoms with van der Waals surface area (Å²) in [6, 6.07) is 0. The maximum absolute atomic E-state index is 13.1. The molecule has 8 nitrogen and oxygen atoms in total. The van der Waals surface area contributed by atoms with Crippen LogP contribution in [-0.4, -0.2) is 44.5 Å². The second kappa shape index (κ2) is 5.44. The van der Waals surface area contributed by atoms with Gasteiger partial charge in [-0.15, -0.1) is 0 Å². The van der Waals surface area contributed by atoms with Gasteiger partial charge >= 0.3 is 5.97 Å². The third-order valence-corrected chi connectivity index (χ3v) is 5.36. The summed E-state index contributed by atoms with van der Waals surface area (Å²) < 4.78 is 6.78. The number of hydrogen-bond acceptors (Lipinski definition) is 5. The summed E-state index contributed by atoms with van der Waals surface area (Å²) in [5.74, 6) is -1.06. The Bertz CT molecular complexity index is 940. The molecule has 132 valence electrons. The number of carboxylic acid groups (broad SMARTS) is 1. The van der Waals surface area contributed by atoms with Crippen LogP contribution in [0.4, 0.5) is 0 Å². The molecule has 2 atom stereocenters. The Balaban J connectivity index is 1.73. The van der Waals surface area contributed by atoms with Crippen molar-refractivity contribution < 1.29 is 19.1 Å². The van der Waals surface area contributed by atoms with Gasteiger partial charge in [0.05, 0.1) is 11.5 Å². The maximum Gasteiger partial charge on any atom is 0.308 e. The van der Waals surface area contributed by atoms with Crippen LogP contribution < -0.4 is 5.56 Å². The number of aromatic nitrogens is 2. The predicted molar refractivity (Wildman–Crippen MR) is 87.2 cm³/mol. The number of aryl methyl sites for hydroxylation is 2. The van der Waals surface area contributed by atoms with Crippen LogP contribution >= 0.6 is 0 Å². The van der Waals surface area contributed by atoms with Crippen LogP contribution in [0.5, 0.6) is 0 Å².